The fraction of sp³-hybridized carbons (Fsp3) is 0.692. The number of carbonyl (C=O) groups is 1. The molecule has 1 aliphatic rings. The SMILES string of the molecule is COC1(c2nc(C(=O)O)c(C)s2)CCCC(C)C1. The van der Waals surface area contributed by atoms with E-state index in [-0.39, 0.29) is 11.3 Å². The van der Waals surface area contributed by atoms with Crippen molar-refractivity contribution in [1.29, 1.82) is 0 Å². The summed E-state index contributed by atoms with van der Waals surface area (Å²) in [6.45, 7) is 4.02. The smallest absolute Gasteiger partial charge is 0.355 e. The summed E-state index contributed by atoms with van der Waals surface area (Å²) in [5.41, 5.74) is -0.203. The lowest BCUT2D eigenvalue weighted by molar-refractivity contribution is -0.0581. The maximum Gasteiger partial charge on any atom is 0.355 e. The molecule has 18 heavy (non-hydrogen) atoms. The number of rotatable bonds is 3. The van der Waals surface area contributed by atoms with Crippen molar-refractivity contribution in [1.82, 2.24) is 4.98 Å². The third-order valence-corrected chi connectivity index (χ3v) is 4.89. The molecule has 4 nitrogen and oxygen atoms in total. The first-order chi connectivity index (χ1) is 8.48. The number of aryl methyl sites for hydroxylation is 1. The van der Waals surface area contributed by atoms with Gasteiger partial charge in [-0.15, -0.1) is 11.3 Å². The van der Waals surface area contributed by atoms with Gasteiger partial charge < -0.3 is 9.84 Å². The highest BCUT2D eigenvalue weighted by Crippen LogP contribution is 2.44. The molecule has 0 aromatic carbocycles. The van der Waals surface area contributed by atoms with E-state index in [1.165, 1.54) is 17.8 Å². The first-order valence-corrected chi connectivity index (χ1v) is 7.06. The number of aromatic carboxylic acids is 1. The summed E-state index contributed by atoms with van der Waals surface area (Å²) in [5.74, 6) is -0.360. The lowest BCUT2D eigenvalue weighted by Gasteiger charge is -2.37. The predicted molar refractivity (Wildman–Crippen MR) is 70.1 cm³/mol. The second-order valence-electron chi connectivity index (χ2n) is 5.13. The molecule has 0 aliphatic heterocycles. The molecule has 2 atom stereocenters. The van der Waals surface area contributed by atoms with Crippen LogP contribution in [0.15, 0.2) is 0 Å². The number of carboxylic acid groups (broad SMARTS) is 1. The van der Waals surface area contributed by atoms with Crippen LogP contribution in [-0.4, -0.2) is 23.2 Å². The second-order valence-corrected chi connectivity index (χ2v) is 6.33. The minimum absolute atomic E-state index is 0.171. The quantitative estimate of drug-likeness (QED) is 0.915. The Morgan fingerprint density at radius 1 is 1.61 bits per heavy atom. The maximum atomic E-state index is 11.1. The molecule has 100 valence electrons. The van der Waals surface area contributed by atoms with Crippen LogP contribution in [0, 0.1) is 12.8 Å². The monoisotopic (exact) mass is 269 g/mol. The van der Waals surface area contributed by atoms with E-state index in [4.69, 9.17) is 9.84 Å². The Morgan fingerprint density at radius 3 is 2.83 bits per heavy atom. The summed E-state index contributed by atoms with van der Waals surface area (Å²) >= 11 is 1.46. The average molecular weight is 269 g/mol. The summed E-state index contributed by atoms with van der Waals surface area (Å²) < 4.78 is 5.74. The molecule has 1 aliphatic carbocycles. The van der Waals surface area contributed by atoms with E-state index >= 15 is 0 Å². The summed E-state index contributed by atoms with van der Waals surface area (Å²) in [7, 11) is 1.70. The molecule has 1 aromatic rings. The Hall–Kier alpha value is -0.940. The van der Waals surface area contributed by atoms with E-state index in [9.17, 15) is 4.79 Å². The normalized spacial score (nSPS) is 28.3. The van der Waals surface area contributed by atoms with Gasteiger partial charge in [0.1, 0.15) is 10.6 Å². The minimum atomic E-state index is -0.954. The topological polar surface area (TPSA) is 59.4 Å². The third kappa shape index (κ3) is 2.29. The van der Waals surface area contributed by atoms with Crippen LogP contribution in [0.4, 0.5) is 0 Å². The Balaban J connectivity index is 2.38. The van der Waals surface area contributed by atoms with Gasteiger partial charge in [0.05, 0.1) is 0 Å². The number of thiazole rings is 1. The zero-order valence-corrected chi connectivity index (χ0v) is 11.8. The van der Waals surface area contributed by atoms with Gasteiger partial charge in [0.25, 0.3) is 0 Å². The lowest BCUT2D eigenvalue weighted by Crippen LogP contribution is -2.34. The Kier molecular flexibility index (Phi) is 3.73. The molecule has 0 spiro atoms. The number of carboxylic acids is 1. The van der Waals surface area contributed by atoms with Crippen molar-refractivity contribution in [2.75, 3.05) is 7.11 Å². The van der Waals surface area contributed by atoms with Crippen LogP contribution in [0.2, 0.25) is 0 Å². The van der Waals surface area contributed by atoms with Crippen molar-refractivity contribution < 1.29 is 14.6 Å². The van der Waals surface area contributed by atoms with Gasteiger partial charge in [-0.1, -0.05) is 13.3 Å². The Morgan fingerprint density at radius 2 is 2.33 bits per heavy atom. The molecule has 0 radical (unpaired) electrons. The van der Waals surface area contributed by atoms with Crippen molar-refractivity contribution in [3.63, 3.8) is 0 Å². The highest BCUT2D eigenvalue weighted by Gasteiger charge is 2.40. The number of hydrogen-bond donors (Lipinski definition) is 1. The number of ether oxygens (including phenoxy) is 1. The highest BCUT2D eigenvalue weighted by atomic mass is 32.1. The van der Waals surface area contributed by atoms with Gasteiger partial charge in [-0.2, -0.15) is 0 Å². The number of nitrogens with zero attached hydrogens (tertiary/aromatic N) is 1. The van der Waals surface area contributed by atoms with E-state index in [1.807, 2.05) is 0 Å². The zero-order valence-electron chi connectivity index (χ0n) is 11.0. The predicted octanol–water partition coefficient (Wildman–Crippen LogP) is 3.20. The van der Waals surface area contributed by atoms with Crippen molar-refractivity contribution in [2.24, 2.45) is 5.92 Å². The molecule has 1 N–H and O–H groups in total. The molecule has 1 saturated carbocycles. The minimum Gasteiger partial charge on any atom is -0.476 e. The van der Waals surface area contributed by atoms with Crippen LogP contribution < -0.4 is 0 Å². The van der Waals surface area contributed by atoms with E-state index in [0.29, 0.717) is 5.92 Å². The van der Waals surface area contributed by atoms with E-state index in [1.54, 1.807) is 14.0 Å². The molecule has 2 rings (SSSR count). The fourth-order valence-electron chi connectivity index (χ4n) is 2.76. The van der Waals surface area contributed by atoms with Crippen LogP contribution in [0.3, 0.4) is 0 Å². The van der Waals surface area contributed by atoms with Gasteiger partial charge in [-0.25, -0.2) is 9.78 Å². The van der Waals surface area contributed by atoms with Crippen molar-refractivity contribution >= 4 is 17.3 Å². The lowest BCUT2D eigenvalue weighted by atomic mass is 9.79. The van der Waals surface area contributed by atoms with Gasteiger partial charge in [0.15, 0.2) is 5.69 Å². The number of aromatic nitrogens is 1. The van der Waals surface area contributed by atoms with Gasteiger partial charge in [-0.3, -0.25) is 0 Å². The fourth-order valence-corrected chi connectivity index (χ4v) is 3.87. The van der Waals surface area contributed by atoms with Crippen LogP contribution in [0.5, 0.6) is 0 Å². The summed E-state index contributed by atoms with van der Waals surface area (Å²) in [4.78, 5) is 16.1. The van der Waals surface area contributed by atoms with Gasteiger partial charge in [0.2, 0.25) is 0 Å². The summed E-state index contributed by atoms with van der Waals surface area (Å²) in [6.07, 6.45) is 4.17. The molecule has 5 heteroatoms. The first kappa shape index (κ1) is 13.5. The average Bonchev–Trinajstić information content (AvgIpc) is 2.72. The highest BCUT2D eigenvalue weighted by molar-refractivity contribution is 7.12. The molecule has 1 heterocycles. The third-order valence-electron chi connectivity index (χ3n) is 3.74. The van der Waals surface area contributed by atoms with E-state index in [2.05, 4.69) is 11.9 Å². The van der Waals surface area contributed by atoms with Crippen LogP contribution in [0.1, 0.15) is 53.0 Å². The molecule has 1 aromatic heterocycles. The molecular formula is C13H19NO3S. The van der Waals surface area contributed by atoms with Crippen LogP contribution in [0.25, 0.3) is 0 Å². The molecule has 0 amide bonds. The molecular weight excluding hydrogens is 250 g/mol. The van der Waals surface area contributed by atoms with Crippen molar-refractivity contribution in [3.8, 4) is 0 Å². The van der Waals surface area contributed by atoms with E-state index in [0.717, 1.165) is 29.1 Å². The largest absolute Gasteiger partial charge is 0.476 e. The second kappa shape index (κ2) is 4.97. The molecule has 2 unspecified atom stereocenters. The molecule has 0 saturated heterocycles. The maximum absolute atomic E-state index is 11.1. The van der Waals surface area contributed by atoms with Crippen LogP contribution >= 0.6 is 11.3 Å². The summed E-state index contributed by atoms with van der Waals surface area (Å²) in [6, 6.07) is 0. The first-order valence-electron chi connectivity index (χ1n) is 6.25. The number of methoxy groups -OCH3 is 1. The van der Waals surface area contributed by atoms with Crippen LogP contribution in [-0.2, 0) is 10.3 Å². The Bertz CT molecular complexity index is 457. The Labute approximate surface area is 111 Å². The van der Waals surface area contributed by atoms with Gasteiger partial charge in [0, 0.05) is 12.0 Å². The standard InChI is InChI=1S/C13H19NO3S/c1-8-5-4-6-13(7-8,17-3)12-14-10(11(15)16)9(2)18-12/h8H,4-7H2,1-3H3,(H,15,16). The van der Waals surface area contributed by atoms with E-state index < -0.39 is 5.97 Å². The molecule has 0 bridgehead atoms. The number of hydrogen-bond acceptors (Lipinski definition) is 4. The van der Waals surface area contributed by atoms with Gasteiger partial charge in [-0.05, 0) is 32.1 Å². The molecule has 1 fully saturated rings. The summed E-state index contributed by atoms with van der Waals surface area (Å²) in [5, 5.41) is 9.91. The zero-order chi connectivity index (χ0) is 13.3. The van der Waals surface area contributed by atoms with Crippen molar-refractivity contribution in [3.05, 3.63) is 15.6 Å². The van der Waals surface area contributed by atoms with Crippen molar-refractivity contribution in [2.45, 2.75) is 45.1 Å². The van der Waals surface area contributed by atoms with Gasteiger partial charge >= 0.3 is 5.97 Å².